The summed E-state index contributed by atoms with van der Waals surface area (Å²) >= 11 is 3.42. The second-order valence-electron chi connectivity index (χ2n) is 4.08. The monoisotopic (exact) mass is 271 g/mol. The standard InChI is InChI=1S/C11H17N3OS2/c1-2-7-6-14(3-4-16-7)9-5-8(12)10(17-9)11(13)15/h5,7H,2-4,6,12H2,1H3,(H2,13,15). The average molecular weight is 271 g/mol. The fourth-order valence-electron chi connectivity index (χ4n) is 1.91. The van der Waals surface area contributed by atoms with Crippen molar-refractivity contribution < 1.29 is 4.79 Å². The zero-order chi connectivity index (χ0) is 12.4. The van der Waals surface area contributed by atoms with Crippen molar-refractivity contribution >= 4 is 39.7 Å². The number of nitrogens with two attached hydrogens (primary N) is 2. The first-order valence-corrected chi connectivity index (χ1v) is 7.54. The third-order valence-corrected chi connectivity index (χ3v) is 5.48. The average Bonchev–Trinajstić information content (AvgIpc) is 2.71. The van der Waals surface area contributed by atoms with Crippen molar-refractivity contribution in [1.82, 2.24) is 0 Å². The lowest BCUT2D eigenvalue weighted by molar-refractivity contribution is 0.100. The van der Waals surface area contributed by atoms with Gasteiger partial charge in [-0.05, 0) is 12.5 Å². The van der Waals surface area contributed by atoms with Crippen LogP contribution < -0.4 is 16.4 Å². The maximum atomic E-state index is 11.2. The summed E-state index contributed by atoms with van der Waals surface area (Å²) in [6.07, 6.45) is 1.17. The van der Waals surface area contributed by atoms with Gasteiger partial charge in [-0.25, -0.2) is 0 Å². The van der Waals surface area contributed by atoms with Crippen molar-refractivity contribution in [2.45, 2.75) is 18.6 Å². The van der Waals surface area contributed by atoms with Gasteiger partial charge < -0.3 is 16.4 Å². The number of hydrogen-bond acceptors (Lipinski definition) is 5. The summed E-state index contributed by atoms with van der Waals surface area (Å²) < 4.78 is 0. The fourth-order valence-corrected chi connectivity index (χ4v) is 4.05. The van der Waals surface area contributed by atoms with Crippen LogP contribution in [0.25, 0.3) is 0 Å². The highest BCUT2D eigenvalue weighted by molar-refractivity contribution is 8.00. The Bertz CT molecular complexity index is 419. The lowest BCUT2D eigenvalue weighted by Crippen LogP contribution is -2.37. The Kier molecular flexibility index (Phi) is 3.83. The number of anilines is 2. The Balaban J connectivity index is 2.16. The van der Waals surface area contributed by atoms with Crippen molar-refractivity contribution in [2.24, 2.45) is 5.73 Å². The van der Waals surface area contributed by atoms with E-state index in [2.05, 4.69) is 11.8 Å². The number of nitrogen functional groups attached to an aromatic ring is 1. The van der Waals surface area contributed by atoms with Crippen LogP contribution in [0.5, 0.6) is 0 Å². The largest absolute Gasteiger partial charge is 0.397 e. The van der Waals surface area contributed by atoms with E-state index in [1.807, 2.05) is 17.8 Å². The van der Waals surface area contributed by atoms with Gasteiger partial charge in [0.1, 0.15) is 4.88 Å². The minimum Gasteiger partial charge on any atom is -0.397 e. The first-order valence-electron chi connectivity index (χ1n) is 5.67. The van der Waals surface area contributed by atoms with E-state index in [1.54, 1.807) is 0 Å². The molecule has 0 aromatic carbocycles. The van der Waals surface area contributed by atoms with Gasteiger partial charge in [0.15, 0.2) is 0 Å². The van der Waals surface area contributed by atoms with Gasteiger partial charge in [-0.1, -0.05) is 6.92 Å². The van der Waals surface area contributed by atoms with Gasteiger partial charge in [-0.3, -0.25) is 4.79 Å². The van der Waals surface area contributed by atoms with Gasteiger partial charge >= 0.3 is 0 Å². The Morgan fingerprint density at radius 1 is 1.65 bits per heavy atom. The van der Waals surface area contributed by atoms with E-state index in [0.717, 1.165) is 23.8 Å². The maximum Gasteiger partial charge on any atom is 0.260 e. The minimum atomic E-state index is -0.433. The number of thioether (sulfide) groups is 1. The molecule has 1 fully saturated rings. The molecule has 0 aliphatic carbocycles. The zero-order valence-corrected chi connectivity index (χ0v) is 11.4. The molecule has 2 rings (SSSR count). The summed E-state index contributed by atoms with van der Waals surface area (Å²) in [7, 11) is 0. The second kappa shape index (κ2) is 5.18. The predicted molar refractivity (Wildman–Crippen MR) is 76.0 cm³/mol. The normalized spacial score (nSPS) is 20.5. The van der Waals surface area contributed by atoms with Gasteiger partial charge in [0.2, 0.25) is 0 Å². The van der Waals surface area contributed by atoms with Gasteiger partial charge in [0.05, 0.1) is 10.7 Å². The molecule has 94 valence electrons. The molecular formula is C11H17N3OS2. The first kappa shape index (κ1) is 12.6. The molecule has 6 heteroatoms. The van der Waals surface area contributed by atoms with Crippen molar-refractivity contribution in [1.29, 1.82) is 0 Å². The molecule has 1 aromatic heterocycles. The maximum absolute atomic E-state index is 11.2. The Labute approximate surface area is 109 Å². The van der Waals surface area contributed by atoms with Crippen LogP contribution >= 0.6 is 23.1 Å². The van der Waals surface area contributed by atoms with E-state index >= 15 is 0 Å². The van der Waals surface area contributed by atoms with E-state index in [-0.39, 0.29) is 0 Å². The quantitative estimate of drug-likeness (QED) is 0.878. The summed E-state index contributed by atoms with van der Waals surface area (Å²) in [6, 6.07) is 1.87. The number of rotatable bonds is 3. The molecule has 0 bridgehead atoms. The molecule has 17 heavy (non-hydrogen) atoms. The summed E-state index contributed by atoms with van der Waals surface area (Å²) in [5.74, 6) is 0.694. The molecule has 1 amide bonds. The lowest BCUT2D eigenvalue weighted by Gasteiger charge is -2.32. The van der Waals surface area contributed by atoms with Crippen molar-refractivity contribution in [3.05, 3.63) is 10.9 Å². The number of carbonyl (C=O) groups is 1. The molecule has 1 aliphatic heterocycles. The number of amides is 1. The molecule has 1 aliphatic rings. The molecule has 4 nitrogen and oxygen atoms in total. The van der Waals surface area contributed by atoms with Crippen LogP contribution in [0.2, 0.25) is 0 Å². The molecular weight excluding hydrogens is 254 g/mol. The van der Waals surface area contributed by atoms with E-state index < -0.39 is 5.91 Å². The summed E-state index contributed by atoms with van der Waals surface area (Å²) in [5, 5.41) is 1.74. The Hall–Kier alpha value is -0.880. The lowest BCUT2D eigenvalue weighted by atomic mass is 10.3. The number of nitrogens with zero attached hydrogens (tertiary/aromatic N) is 1. The van der Waals surface area contributed by atoms with Gasteiger partial charge in [0.25, 0.3) is 5.91 Å². The highest BCUT2D eigenvalue weighted by Gasteiger charge is 2.22. The first-order chi connectivity index (χ1) is 8.11. The summed E-state index contributed by atoms with van der Waals surface area (Å²) in [4.78, 5) is 14.0. The number of primary amides is 1. The fraction of sp³-hybridized carbons (Fsp3) is 0.545. The molecule has 1 saturated heterocycles. The van der Waals surface area contributed by atoms with Crippen molar-refractivity contribution in [3.8, 4) is 0 Å². The summed E-state index contributed by atoms with van der Waals surface area (Å²) in [5.41, 5.74) is 11.6. The highest BCUT2D eigenvalue weighted by atomic mass is 32.2. The van der Waals surface area contributed by atoms with Crippen molar-refractivity contribution in [2.75, 3.05) is 29.5 Å². The van der Waals surface area contributed by atoms with Crippen LogP contribution in [-0.2, 0) is 0 Å². The smallest absolute Gasteiger partial charge is 0.260 e. The molecule has 0 spiro atoms. The number of hydrogen-bond donors (Lipinski definition) is 2. The highest BCUT2D eigenvalue weighted by Crippen LogP contribution is 2.34. The van der Waals surface area contributed by atoms with Crippen LogP contribution in [0.4, 0.5) is 10.7 Å². The number of thiophene rings is 1. The van der Waals surface area contributed by atoms with Crippen LogP contribution in [-0.4, -0.2) is 30.0 Å². The molecule has 1 aromatic rings. The third kappa shape index (κ3) is 2.69. The second-order valence-corrected chi connectivity index (χ2v) is 6.52. The van der Waals surface area contributed by atoms with Crippen LogP contribution in [0, 0.1) is 0 Å². The number of carbonyl (C=O) groups excluding carboxylic acids is 1. The molecule has 4 N–H and O–H groups in total. The molecule has 2 heterocycles. The third-order valence-electron chi connectivity index (χ3n) is 2.88. The Morgan fingerprint density at radius 3 is 3.00 bits per heavy atom. The van der Waals surface area contributed by atoms with Gasteiger partial charge in [-0.2, -0.15) is 11.8 Å². The minimum absolute atomic E-state index is 0.433. The Morgan fingerprint density at radius 2 is 2.41 bits per heavy atom. The van der Waals surface area contributed by atoms with Crippen LogP contribution in [0.15, 0.2) is 6.07 Å². The van der Waals surface area contributed by atoms with Crippen LogP contribution in [0.3, 0.4) is 0 Å². The summed E-state index contributed by atoms with van der Waals surface area (Å²) in [6.45, 7) is 4.25. The molecule has 0 saturated carbocycles. The molecule has 1 unspecified atom stereocenters. The molecule has 0 radical (unpaired) electrons. The topological polar surface area (TPSA) is 72.3 Å². The molecule has 1 atom stereocenters. The van der Waals surface area contributed by atoms with E-state index in [4.69, 9.17) is 11.5 Å². The van der Waals surface area contributed by atoms with Gasteiger partial charge in [0, 0.05) is 24.1 Å². The SMILES string of the molecule is CCC1CN(c2cc(N)c(C(N)=O)s2)CCS1. The van der Waals surface area contributed by atoms with Crippen molar-refractivity contribution in [3.63, 3.8) is 0 Å². The predicted octanol–water partition coefficient (Wildman–Crippen LogP) is 1.76. The van der Waals surface area contributed by atoms with E-state index in [0.29, 0.717) is 15.8 Å². The van der Waals surface area contributed by atoms with E-state index in [1.165, 1.54) is 17.8 Å². The van der Waals surface area contributed by atoms with Crippen LogP contribution in [0.1, 0.15) is 23.0 Å². The van der Waals surface area contributed by atoms with E-state index in [9.17, 15) is 4.79 Å². The zero-order valence-electron chi connectivity index (χ0n) is 9.81. The van der Waals surface area contributed by atoms with Gasteiger partial charge in [-0.15, -0.1) is 11.3 Å².